The second-order valence-electron chi connectivity index (χ2n) is 5.02. The molecule has 1 N–H and O–H groups in total. The van der Waals surface area contributed by atoms with Crippen molar-refractivity contribution >= 4 is 18.0 Å². The van der Waals surface area contributed by atoms with Crippen molar-refractivity contribution in [1.82, 2.24) is 15.1 Å². The normalized spacial score (nSPS) is 14.3. The molecule has 0 spiro atoms. The van der Waals surface area contributed by atoms with Crippen LogP contribution in [-0.2, 0) is 0 Å². The number of aldehydes is 1. The van der Waals surface area contributed by atoms with Crippen molar-refractivity contribution in [1.29, 1.82) is 0 Å². The summed E-state index contributed by atoms with van der Waals surface area (Å²) < 4.78 is 13.7. The maximum Gasteiger partial charge on any atom is 0.256 e. The molecule has 0 saturated carbocycles. The Hall–Kier alpha value is -2.83. The Morgan fingerprint density at radius 1 is 1.36 bits per heavy atom. The lowest BCUT2D eigenvalue weighted by Gasteiger charge is -2.39. The summed E-state index contributed by atoms with van der Waals surface area (Å²) in [4.78, 5) is 24.5. The van der Waals surface area contributed by atoms with Crippen LogP contribution in [0, 0.1) is 5.82 Å². The summed E-state index contributed by atoms with van der Waals surface area (Å²) in [7, 11) is 0. The van der Waals surface area contributed by atoms with E-state index in [1.165, 1.54) is 17.0 Å². The molecule has 1 aliphatic heterocycles. The van der Waals surface area contributed by atoms with E-state index in [4.69, 9.17) is 0 Å². The number of carbonyl (C=O) groups excluding carboxylic acids is 2. The van der Waals surface area contributed by atoms with Gasteiger partial charge in [-0.3, -0.25) is 9.59 Å². The molecule has 1 aromatic heterocycles. The van der Waals surface area contributed by atoms with Crippen LogP contribution in [0.2, 0.25) is 0 Å². The summed E-state index contributed by atoms with van der Waals surface area (Å²) in [5, 5.41) is 10.8. The number of amides is 1. The molecule has 1 saturated heterocycles. The van der Waals surface area contributed by atoms with E-state index in [1.807, 2.05) is 0 Å². The SMILES string of the molecule is O=Cc1ccc(F)c(C(=O)N2CC(Nc3cccnn3)C2)c1. The van der Waals surface area contributed by atoms with Crippen molar-refractivity contribution in [2.75, 3.05) is 18.4 Å². The van der Waals surface area contributed by atoms with E-state index in [-0.39, 0.29) is 17.2 Å². The fourth-order valence-corrected chi connectivity index (χ4v) is 2.27. The third kappa shape index (κ3) is 2.78. The van der Waals surface area contributed by atoms with Gasteiger partial charge in [-0.15, -0.1) is 5.10 Å². The zero-order valence-electron chi connectivity index (χ0n) is 11.6. The topological polar surface area (TPSA) is 75.2 Å². The van der Waals surface area contributed by atoms with E-state index in [2.05, 4.69) is 15.5 Å². The minimum absolute atomic E-state index is 0.0537. The third-order valence-corrected chi connectivity index (χ3v) is 3.45. The first-order valence-electron chi connectivity index (χ1n) is 6.75. The molecule has 1 fully saturated rings. The van der Waals surface area contributed by atoms with Crippen LogP contribution in [0.4, 0.5) is 10.2 Å². The lowest BCUT2D eigenvalue weighted by atomic mass is 10.0. The van der Waals surface area contributed by atoms with Gasteiger partial charge in [-0.05, 0) is 30.3 Å². The molecule has 0 radical (unpaired) electrons. The minimum atomic E-state index is -0.624. The summed E-state index contributed by atoms with van der Waals surface area (Å²) in [6.45, 7) is 0.889. The highest BCUT2D eigenvalue weighted by Crippen LogP contribution is 2.19. The number of aromatic nitrogens is 2. The fraction of sp³-hybridized carbons (Fsp3) is 0.200. The predicted octanol–water partition coefficient (Wildman–Crippen LogP) is 1.36. The lowest BCUT2D eigenvalue weighted by molar-refractivity contribution is 0.0620. The summed E-state index contributed by atoms with van der Waals surface area (Å²) in [6.07, 6.45) is 2.16. The van der Waals surface area contributed by atoms with Gasteiger partial charge in [0.15, 0.2) is 0 Å². The largest absolute Gasteiger partial charge is 0.362 e. The molecule has 1 amide bonds. The molecule has 2 aromatic rings. The Morgan fingerprint density at radius 2 is 2.18 bits per heavy atom. The van der Waals surface area contributed by atoms with E-state index in [9.17, 15) is 14.0 Å². The van der Waals surface area contributed by atoms with Crippen LogP contribution in [0.5, 0.6) is 0 Å². The average Bonchev–Trinajstić information content (AvgIpc) is 2.51. The van der Waals surface area contributed by atoms with Gasteiger partial charge in [0.1, 0.15) is 17.9 Å². The number of rotatable bonds is 4. The van der Waals surface area contributed by atoms with Crippen LogP contribution < -0.4 is 5.32 Å². The molecule has 0 aliphatic carbocycles. The lowest BCUT2D eigenvalue weighted by Crippen LogP contribution is -2.57. The first-order valence-corrected chi connectivity index (χ1v) is 6.75. The van der Waals surface area contributed by atoms with Gasteiger partial charge < -0.3 is 10.2 Å². The maximum atomic E-state index is 13.7. The highest BCUT2D eigenvalue weighted by Gasteiger charge is 2.32. The van der Waals surface area contributed by atoms with Crippen molar-refractivity contribution in [3.63, 3.8) is 0 Å². The first kappa shape index (κ1) is 14.1. The molecule has 3 rings (SSSR count). The number of benzene rings is 1. The van der Waals surface area contributed by atoms with E-state index in [0.717, 1.165) is 6.07 Å². The van der Waals surface area contributed by atoms with Gasteiger partial charge >= 0.3 is 0 Å². The van der Waals surface area contributed by atoms with Crippen LogP contribution in [0.15, 0.2) is 36.5 Å². The Morgan fingerprint density at radius 3 is 2.86 bits per heavy atom. The third-order valence-electron chi connectivity index (χ3n) is 3.45. The predicted molar refractivity (Wildman–Crippen MR) is 77.1 cm³/mol. The van der Waals surface area contributed by atoms with Crippen LogP contribution >= 0.6 is 0 Å². The molecular formula is C15H13FN4O2. The van der Waals surface area contributed by atoms with Gasteiger partial charge in [0.2, 0.25) is 0 Å². The number of carbonyl (C=O) groups is 2. The van der Waals surface area contributed by atoms with E-state index < -0.39 is 11.7 Å². The van der Waals surface area contributed by atoms with Crippen molar-refractivity contribution in [2.24, 2.45) is 0 Å². The fourth-order valence-electron chi connectivity index (χ4n) is 2.27. The average molecular weight is 300 g/mol. The first-order chi connectivity index (χ1) is 10.7. The van der Waals surface area contributed by atoms with Gasteiger partial charge in [0.25, 0.3) is 5.91 Å². The number of likely N-dealkylation sites (tertiary alicyclic amines) is 1. The smallest absolute Gasteiger partial charge is 0.256 e. The summed E-state index contributed by atoms with van der Waals surface area (Å²) in [6, 6.07) is 7.34. The standard InChI is InChI=1S/C15H13FN4O2/c16-13-4-3-10(9-21)6-12(13)15(22)20-7-11(8-20)18-14-2-1-5-17-19-14/h1-6,9,11H,7-8H2,(H,18,19). The van der Waals surface area contributed by atoms with E-state index in [1.54, 1.807) is 18.3 Å². The van der Waals surface area contributed by atoms with Crippen molar-refractivity contribution in [2.45, 2.75) is 6.04 Å². The summed E-state index contributed by atoms with van der Waals surface area (Å²) in [5.41, 5.74) is 0.196. The minimum Gasteiger partial charge on any atom is -0.362 e. The van der Waals surface area contributed by atoms with Gasteiger partial charge in [0, 0.05) is 24.8 Å². The Balaban J connectivity index is 1.63. The van der Waals surface area contributed by atoms with Crippen molar-refractivity contribution in [3.8, 4) is 0 Å². The molecule has 0 unspecified atom stereocenters. The number of hydrogen-bond acceptors (Lipinski definition) is 5. The van der Waals surface area contributed by atoms with Crippen molar-refractivity contribution < 1.29 is 14.0 Å². The van der Waals surface area contributed by atoms with Crippen LogP contribution in [0.25, 0.3) is 0 Å². The maximum absolute atomic E-state index is 13.7. The molecule has 1 aromatic carbocycles. The zero-order chi connectivity index (χ0) is 15.5. The molecule has 22 heavy (non-hydrogen) atoms. The Kier molecular flexibility index (Phi) is 3.78. The molecule has 0 atom stereocenters. The highest BCUT2D eigenvalue weighted by molar-refractivity contribution is 5.96. The summed E-state index contributed by atoms with van der Waals surface area (Å²) >= 11 is 0. The van der Waals surface area contributed by atoms with E-state index >= 15 is 0 Å². The van der Waals surface area contributed by atoms with Gasteiger partial charge in [0.05, 0.1) is 11.6 Å². The van der Waals surface area contributed by atoms with Gasteiger partial charge in [-0.2, -0.15) is 5.10 Å². The van der Waals surface area contributed by atoms with Crippen LogP contribution in [0.3, 0.4) is 0 Å². The number of nitrogens with zero attached hydrogens (tertiary/aromatic N) is 3. The second kappa shape index (κ2) is 5.88. The number of halogens is 1. The van der Waals surface area contributed by atoms with Gasteiger partial charge in [-0.25, -0.2) is 4.39 Å². The quantitative estimate of drug-likeness (QED) is 0.863. The van der Waals surface area contributed by atoms with E-state index in [0.29, 0.717) is 25.2 Å². The number of nitrogens with one attached hydrogen (secondary N) is 1. The molecular weight excluding hydrogens is 287 g/mol. The molecule has 2 heterocycles. The van der Waals surface area contributed by atoms with Crippen LogP contribution in [0.1, 0.15) is 20.7 Å². The number of anilines is 1. The van der Waals surface area contributed by atoms with Crippen LogP contribution in [-0.4, -0.2) is 46.4 Å². The number of hydrogen-bond donors (Lipinski definition) is 1. The second-order valence-corrected chi connectivity index (χ2v) is 5.02. The summed E-state index contributed by atoms with van der Waals surface area (Å²) in [5.74, 6) is -0.409. The molecule has 0 bridgehead atoms. The molecule has 6 nitrogen and oxygen atoms in total. The monoisotopic (exact) mass is 300 g/mol. The molecule has 112 valence electrons. The van der Waals surface area contributed by atoms with Crippen molar-refractivity contribution in [3.05, 3.63) is 53.5 Å². The highest BCUT2D eigenvalue weighted by atomic mass is 19.1. The Labute approximate surface area is 126 Å². The molecule has 1 aliphatic rings. The van der Waals surface area contributed by atoms with Gasteiger partial charge in [-0.1, -0.05) is 0 Å². The Bertz CT molecular complexity index is 702. The molecule has 7 heteroatoms. The zero-order valence-corrected chi connectivity index (χ0v) is 11.6.